The molecule has 32 heavy (non-hydrogen) atoms. The SMILES string of the molecule is C1CC1.O=C(O)Nc1ccccc1-c1ccc2c3[nH]ncc3c(=O)n(CC(F)(F)F)c2c1. The number of H-pyrrole nitrogens is 1. The Morgan fingerprint density at radius 2 is 1.84 bits per heavy atom. The number of fused-ring (bicyclic) bond motifs is 3. The van der Waals surface area contributed by atoms with Crippen LogP contribution >= 0.6 is 0 Å². The summed E-state index contributed by atoms with van der Waals surface area (Å²) < 4.78 is 40.1. The van der Waals surface area contributed by atoms with Gasteiger partial charge in [0.25, 0.3) is 5.56 Å². The molecule has 0 saturated heterocycles. The summed E-state index contributed by atoms with van der Waals surface area (Å²) in [6.45, 7) is -1.46. The summed E-state index contributed by atoms with van der Waals surface area (Å²) in [6, 6.07) is 11.1. The molecule has 3 N–H and O–H groups in total. The Kier molecular flexibility index (Phi) is 5.60. The number of pyridine rings is 1. The van der Waals surface area contributed by atoms with E-state index in [2.05, 4.69) is 15.5 Å². The zero-order valence-corrected chi connectivity index (χ0v) is 16.7. The van der Waals surface area contributed by atoms with Gasteiger partial charge in [0.1, 0.15) is 6.54 Å². The maximum atomic E-state index is 13.1. The molecule has 2 aromatic heterocycles. The number of benzene rings is 2. The average molecular weight is 444 g/mol. The summed E-state index contributed by atoms with van der Waals surface area (Å²) >= 11 is 0. The lowest BCUT2D eigenvalue weighted by Crippen LogP contribution is -2.28. The van der Waals surface area contributed by atoms with Crippen molar-refractivity contribution in [2.24, 2.45) is 0 Å². The third kappa shape index (κ3) is 4.58. The molecule has 0 bridgehead atoms. The fourth-order valence-corrected chi connectivity index (χ4v) is 3.34. The van der Waals surface area contributed by atoms with E-state index in [0.29, 0.717) is 26.6 Å². The van der Waals surface area contributed by atoms with Gasteiger partial charge in [-0.15, -0.1) is 0 Å². The molecule has 5 rings (SSSR count). The quantitative estimate of drug-likeness (QED) is 0.396. The number of halogens is 3. The summed E-state index contributed by atoms with van der Waals surface area (Å²) in [7, 11) is 0. The number of hydrogen-bond acceptors (Lipinski definition) is 3. The summed E-state index contributed by atoms with van der Waals surface area (Å²) in [5.74, 6) is 0. The van der Waals surface area contributed by atoms with Crippen LogP contribution in [0.3, 0.4) is 0 Å². The van der Waals surface area contributed by atoms with Crippen molar-refractivity contribution >= 4 is 33.6 Å². The first-order valence-corrected chi connectivity index (χ1v) is 9.90. The highest BCUT2D eigenvalue weighted by atomic mass is 19.4. The predicted octanol–water partition coefficient (Wildman–Crippen LogP) is 5.37. The highest BCUT2D eigenvalue weighted by molar-refractivity contribution is 6.04. The van der Waals surface area contributed by atoms with E-state index in [9.17, 15) is 22.8 Å². The van der Waals surface area contributed by atoms with Crippen molar-refractivity contribution in [2.45, 2.75) is 32.0 Å². The van der Waals surface area contributed by atoms with E-state index in [1.165, 1.54) is 37.6 Å². The summed E-state index contributed by atoms with van der Waals surface area (Å²) in [4.78, 5) is 23.7. The smallest absolute Gasteiger partial charge is 0.409 e. The number of nitrogens with zero attached hydrogens (tertiary/aromatic N) is 2. The Bertz CT molecular complexity index is 1350. The minimum Gasteiger partial charge on any atom is -0.465 e. The number of carbonyl (C=O) groups is 1. The van der Waals surface area contributed by atoms with Crippen LogP contribution in [0.15, 0.2) is 53.5 Å². The molecule has 0 aliphatic heterocycles. The van der Waals surface area contributed by atoms with Gasteiger partial charge in [-0.25, -0.2) is 4.79 Å². The van der Waals surface area contributed by atoms with Crippen molar-refractivity contribution in [3.8, 4) is 11.1 Å². The molecule has 10 heteroatoms. The van der Waals surface area contributed by atoms with Crippen molar-refractivity contribution in [2.75, 3.05) is 5.32 Å². The minimum absolute atomic E-state index is 0.0578. The lowest BCUT2D eigenvalue weighted by atomic mass is 10.0. The highest BCUT2D eigenvalue weighted by Crippen LogP contribution is 2.32. The van der Waals surface area contributed by atoms with Gasteiger partial charge in [-0.05, 0) is 17.7 Å². The minimum atomic E-state index is -4.60. The van der Waals surface area contributed by atoms with Crippen LogP contribution in [0.1, 0.15) is 19.3 Å². The maximum Gasteiger partial charge on any atom is 0.409 e. The summed E-state index contributed by atoms with van der Waals surface area (Å²) in [6.07, 6.45) is -0.178. The van der Waals surface area contributed by atoms with Gasteiger partial charge in [0.05, 0.1) is 28.3 Å². The third-order valence-corrected chi connectivity index (χ3v) is 4.84. The Morgan fingerprint density at radius 1 is 1.12 bits per heavy atom. The predicted molar refractivity (Wildman–Crippen MR) is 115 cm³/mol. The largest absolute Gasteiger partial charge is 0.465 e. The van der Waals surface area contributed by atoms with Crippen LogP contribution in [0.4, 0.5) is 23.7 Å². The zero-order chi connectivity index (χ0) is 22.9. The van der Waals surface area contributed by atoms with Crippen LogP contribution in [0, 0.1) is 0 Å². The molecule has 0 spiro atoms. The van der Waals surface area contributed by atoms with Crippen LogP contribution in [-0.2, 0) is 6.54 Å². The number of carboxylic acid groups (broad SMARTS) is 1. The van der Waals surface area contributed by atoms with Gasteiger partial charge in [0.15, 0.2) is 0 Å². The van der Waals surface area contributed by atoms with Gasteiger partial charge in [-0.3, -0.25) is 19.8 Å². The average Bonchev–Trinajstić information content (AvgIpc) is 3.54. The first-order valence-electron chi connectivity index (χ1n) is 9.90. The van der Waals surface area contributed by atoms with Crippen LogP contribution in [0.25, 0.3) is 32.9 Å². The van der Waals surface area contributed by atoms with Crippen molar-refractivity contribution in [1.82, 2.24) is 14.8 Å². The lowest BCUT2D eigenvalue weighted by molar-refractivity contribution is -0.140. The second-order valence-corrected chi connectivity index (χ2v) is 7.43. The van der Waals surface area contributed by atoms with Gasteiger partial charge in [0.2, 0.25) is 0 Å². The molecular weight excluding hydrogens is 425 g/mol. The molecule has 1 amide bonds. The topological polar surface area (TPSA) is 100 Å². The number of aromatic nitrogens is 3. The Morgan fingerprint density at radius 3 is 2.50 bits per heavy atom. The molecule has 2 heterocycles. The summed E-state index contributed by atoms with van der Waals surface area (Å²) in [5.41, 5.74) is 0.779. The molecule has 0 unspecified atom stereocenters. The van der Waals surface area contributed by atoms with Gasteiger partial charge in [-0.2, -0.15) is 18.3 Å². The lowest BCUT2D eigenvalue weighted by Gasteiger charge is -2.15. The first kappa shape index (κ1) is 21.4. The van der Waals surface area contributed by atoms with E-state index in [1.807, 2.05) is 0 Å². The fourth-order valence-electron chi connectivity index (χ4n) is 3.34. The number of nitrogens with one attached hydrogen (secondary N) is 2. The maximum absolute atomic E-state index is 13.1. The number of amides is 1. The zero-order valence-electron chi connectivity index (χ0n) is 16.7. The van der Waals surface area contributed by atoms with Crippen LogP contribution in [0.5, 0.6) is 0 Å². The number of aromatic amines is 1. The normalized spacial score (nSPS) is 13.0. The Balaban J connectivity index is 0.000000754. The monoisotopic (exact) mass is 444 g/mol. The van der Waals surface area contributed by atoms with E-state index < -0.39 is 24.4 Å². The fraction of sp³-hybridized carbons (Fsp3) is 0.227. The number of alkyl halides is 3. The number of anilines is 1. The van der Waals surface area contributed by atoms with E-state index in [4.69, 9.17) is 5.11 Å². The number of hydrogen-bond donors (Lipinski definition) is 3. The molecule has 2 aromatic carbocycles. The molecule has 1 fully saturated rings. The van der Waals surface area contributed by atoms with Crippen molar-refractivity contribution in [1.29, 1.82) is 0 Å². The second kappa shape index (κ2) is 8.37. The van der Waals surface area contributed by atoms with Crippen molar-refractivity contribution < 1.29 is 23.1 Å². The van der Waals surface area contributed by atoms with Crippen molar-refractivity contribution in [3.05, 3.63) is 59.0 Å². The van der Waals surface area contributed by atoms with Gasteiger partial charge < -0.3 is 5.11 Å². The van der Waals surface area contributed by atoms with Gasteiger partial charge >= 0.3 is 12.3 Å². The molecule has 7 nitrogen and oxygen atoms in total. The standard InChI is InChI=1S/C19H13F3N4O3.C3H6/c20-19(21,22)9-26-15-7-10(11-3-1-2-4-14(11)24-18(28)29)5-6-12(15)16-13(17(26)27)8-23-25-16;1-2-3-1/h1-8,24H,9H2,(H,23,25)(H,28,29);1-3H2. The highest BCUT2D eigenvalue weighted by Gasteiger charge is 2.30. The van der Waals surface area contributed by atoms with Crippen LogP contribution in [0.2, 0.25) is 0 Å². The van der Waals surface area contributed by atoms with E-state index >= 15 is 0 Å². The van der Waals surface area contributed by atoms with E-state index in [0.717, 1.165) is 0 Å². The van der Waals surface area contributed by atoms with E-state index in [1.54, 1.807) is 30.3 Å². The van der Waals surface area contributed by atoms with Gasteiger partial charge in [-0.1, -0.05) is 49.6 Å². The molecule has 0 atom stereocenters. The second-order valence-electron chi connectivity index (χ2n) is 7.43. The molecule has 1 aliphatic rings. The van der Waals surface area contributed by atoms with Gasteiger partial charge in [0, 0.05) is 10.9 Å². The molecule has 1 saturated carbocycles. The van der Waals surface area contributed by atoms with Crippen molar-refractivity contribution in [3.63, 3.8) is 0 Å². The molecule has 1 aliphatic carbocycles. The molecular formula is C22H19F3N4O3. The molecule has 166 valence electrons. The number of rotatable bonds is 3. The van der Waals surface area contributed by atoms with Crippen LogP contribution in [-0.4, -0.2) is 32.1 Å². The molecule has 0 radical (unpaired) electrons. The Labute approximate surface area is 179 Å². The number of para-hydroxylation sites is 1. The van der Waals surface area contributed by atoms with E-state index in [-0.39, 0.29) is 16.6 Å². The molecule has 4 aromatic rings. The summed E-state index contributed by atoms with van der Waals surface area (Å²) in [5, 5.41) is 18.2. The Hall–Kier alpha value is -3.82. The third-order valence-electron chi connectivity index (χ3n) is 4.84. The first-order chi connectivity index (χ1) is 15.2. The van der Waals surface area contributed by atoms with Crippen LogP contribution < -0.4 is 10.9 Å².